The second kappa shape index (κ2) is 5.35. The van der Waals surface area contributed by atoms with Crippen molar-refractivity contribution in [3.8, 4) is 0 Å². The largest absolute Gasteiger partial charge is 0.379 e. The van der Waals surface area contributed by atoms with Crippen molar-refractivity contribution in [2.75, 3.05) is 18.5 Å². The predicted octanol–water partition coefficient (Wildman–Crippen LogP) is 2.01. The molecule has 1 saturated heterocycles. The molecule has 0 radical (unpaired) electrons. The zero-order chi connectivity index (χ0) is 12.4. The molecule has 1 aromatic rings. The van der Waals surface area contributed by atoms with Gasteiger partial charge in [-0.25, -0.2) is 0 Å². The number of hydrogen-bond donors (Lipinski definition) is 2. The number of rotatable bonds is 2. The first kappa shape index (κ1) is 12.8. The fraction of sp³-hybridized carbons (Fsp3) is 0.364. The van der Waals surface area contributed by atoms with Crippen LogP contribution in [-0.2, 0) is 9.53 Å². The Kier molecular flexibility index (Phi) is 4.04. The van der Waals surface area contributed by atoms with E-state index in [-0.39, 0.29) is 17.9 Å². The van der Waals surface area contributed by atoms with Crippen molar-refractivity contribution in [2.45, 2.75) is 6.04 Å². The van der Waals surface area contributed by atoms with Crippen LogP contribution in [0.4, 0.5) is 5.69 Å². The first-order valence-electron chi connectivity index (χ1n) is 5.17. The third kappa shape index (κ3) is 2.98. The molecular formula is C11H12BrClN2O2. The minimum Gasteiger partial charge on any atom is -0.379 e. The minimum atomic E-state index is -0.294. The quantitative estimate of drug-likeness (QED) is 0.876. The molecule has 92 valence electrons. The summed E-state index contributed by atoms with van der Waals surface area (Å²) in [5.41, 5.74) is 6.46. The van der Waals surface area contributed by atoms with Gasteiger partial charge in [-0.3, -0.25) is 4.79 Å². The van der Waals surface area contributed by atoms with Crippen LogP contribution in [0.2, 0.25) is 5.02 Å². The zero-order valence-electron chi connectivity index (χ0n) is 8.95. The molecular weight excluding hydrogens is 307 g/mol. The van der Waals surface area contributed by atoms with Crippen molar-refractivity contribution in [1.29, 1.82) is 0 Å². The Bertz CT molecular complexity index is 441. The minimum absolute atomic E-state index is 0.127. The fourth-order valence-corrected chi connectivity index (χ4v) is 2.44. The second-order valence-electron chi connectivity index (χ2n) is 3.92. The molecule has 2 rings (SSSR count). The standard InChI is InChI=1S/C11H12BrClN2O2/c12-8-3-6(13)1-2-10(8)15-11(16)7-4-17-5-9(7)14/h1-3,7,9H,4-5,14H2,(H,15,16). The van der Waals surface area contributed by atoms with Gasteiger partial charge in [0.2, 0.25) is 5.91 Å². The summed E-state index contributed by atoms with van der Waals surface area (Å²) in [6, 6.07) is 4.95. The van der Waals surface area contributed by atoms with Crippen molar-refractivity contribution in [3.05, 3.63) is 27.7 Å². The van der Waals surface area contributed by atoms with Gasteiger partial charge >= 0.3 is 0 Å². The monoisotopic (exact) mass is 318 g/mol. The van der Waals surface area contributed by atoms with E-state index in [2.05, 4.69) is 21.2 Å². The molecule has 1 heterocycles. The fourth-order valence-electron chi connectivity index (χ4n) is 1.66. The van der Waals surface area contributed by atoms with Gasteiger partial charge in [-0.2, -0.15) is 0 Å². The van der Waals surface area contributed by atoms with E-state index in [1.807, 2.05) is 0 Å². The average Bonchev–Trinajstić information content (AvgIpc) is 2.68. The molecule has 0 spiro atoms. The van der Waals surface area contributed by atoms with Crippen LogP contribution in [0.25, 0.3) is 0 Å². The number of carbonyl (C=O) groups is 1. The maximum absolute atomic E-state index is 11.9. The molecule has 17 heavy (non-hydrogen) atoms. The van der Waals surface area contributed by atoms with E-state index < -0.39 is 0 Å². The Labute approximate surface area is 113 Å². The summed E-state index contributed by atoms with van der Waals surface area (Å²) < 4.78 is 5.90. The van der Waals surface area contributed by atoms with Crippen LogP contribution in [0.15, 0.2) is 22.7 Å². The van der Waals surface area contributed by atoms with Gasteiger partial charge in [-0.15, -0.1) is 0 Å². The average molecular weight is 320 g/mol. The lowest BCUT2D eigenvalue weighted by atomic mass is 10.0. The van der Waals surface area contributed by atoms with Gasteiger partial charge in [0.25, 0.3) is 0 Å². The number of anilines is 1. The third-order valence-electron chi connectivity index (χ3n) is 2.65. The molecule has 4 nitrogen and oxygen atoms in total. The summed E-state index contributed by atoms with van der Waals surface area (Å²) in [7, 11) is 0. The molecule has 2 unspecified atom stereocenters. The molecule has 1 aliphatic rings. The highest BCUT2D eigenvalue weighted by molar-refractivity contribution is 9.10. The summed E-state index contributed by atoms with van der Waals surface area (Å²) in [4.78, 5) is 11.9. The van der Waals surface area contributed by atoms with E-state index in [9.17, 15) is 4.79 Å². The SMILES string of the molecule is NC1COCC1C(=O)Nc1ccc(Cl)cc1Br. The van der Waals surface area contributed by atoms with Gasteiger partial charge < -0.3 is 15.8 Å². The zero-order valence-corrected chi connectivity index (χ0v) is 11.3. The molecule has 0 saturated carbocycles. The lowest BCUT2D eigenvalue weighted by Gasteiger charge is -2.14. The first-order chi connectivity index (χ1) is 8.08. The highest BCUT2D eigenvalue weighted by Gasteiger charge is 2.31. The van der Waals surface area contributed by atoms with Crippen molar-refractivity contribution < 1.29 is 9.53 Å². The first-order valence-corrected chi connectivity index (χ1v) is 6.34. The predicted molar refractivity (Wildman–Crippen MR) is 70.1 cm³/mol. The molecule has 1 fully saturated rings. The topological polar surface area (TPSA) is 64.3 Å². The molecule has 6 heteroatoms. The summed E-state index contributed by atoms with van der Waals surface area (Å²) in [5, 5.41) is 3.41. The van der Waals surface area contributed by atoms with Crippen molar-refractivity contribution in [2.24, 2.45) is 11.7 Å². The Hall–Kier alpha value is -0.620. The Balaban J connectivity index is 2.07. The molecule has 0 bridgehead atoms. The van der Waals surface area contributed by atoms with Crippen molar-refractivity contribution >= 4 is 39.1 Å². The second-order valence-corrected chi connectivity index (χ2v) is 5.21. The Morgan fingerprint density at radius 2 is 2.29 bits per heavy atom. The van der Waals surface area contributed by atoms with Gasteiger partial charge in [0, 0.05) is 15.5 Å². The van der Waals surface area contributed by atoms with Crippen LogP contribution in [0, 0.1) is 5.92 Å². The highest BCUT2D eigenvalue weighted by Crippen LogP contribution is 2.26. The lowest BCUT2D eigenvalue weighted by Crippen LogP contribution is -2.37. The summed E-state index contributed by atoms with van der Waals surface area (Å²) in [6.07, 6.45) is 0. The van der Waals surface area contributed by atoms with Gasteiger partial charge in [0.05, 0.1) is 24.8 Å². The number of benzene rings is 1. The van der Waals surface area contributed by atoms with E-state index >= 15 is 0 Å². The number of hydrogen-bond acceptors (Lipinski definition) is 3. The van der Waals surface area contributed by atoms with Gasteiger partial charge in [-0.05, 0) is 34.1 Å². The summed E-state index contributed by atoms with van der Waals surface area (Å²) in [6.45, 7) is 0.804. The number of halogens is 2. The number of carbonyl (C=O) groups excluding carboxylic acids is 1. The van der Waals surface area contributed by atoms with Gasteiger partial charge in [0.1, 0.15) is 0 Å². The number of nitrogens with two attached hydrogens (primary N) is 1. The van der Waals surface area contributed by atoms with Crippen LogP contribution >= 0.6 is 27.5 Å². The smallest absolute Gasteiger partial charge is 0.231 e. The Morgan fingerprint density at radius 3 is 2.88 bits per heavy atom. The van der Waals surface area contributed by atoms with Gasteiger partial charge in [0.15, 0.2) is 0 Å². The van der Waals surface area contributed by atoms with E-state index in [0.29, 0.717) is 23.9 Å². The molecule has 1 amide bonds. The lowest BCUT2D eigenvalue weighted by molar-refractivity contribution is -0.120. The normalized spacial score (nSPS) is 23.7. The molecule has 0 aromatic heterocycles. The molecule has 2 atom stereocenters. The van der Waals surface area contributed by atoms with E-state index in [4.69, 9.17) is 22.1 Å². The maximum atomic E-state index is 11.9. The number of ether oxygens (including phenoxy) is 1. The maximum Gasteiger partial charge on any atom is 0.231 e. The van der Waals surface area contributed by atoms with Crippen LogP contribution in [0.5, 0.6) is 0 Å². The van der Waals surface area contributed by atoms with Crippen molar-refractivity contribution in [1.82, 2.24) is 0 Å². The third-order valence-corrected chi connectivity index (χ3v) is 3.54. The molecule has 1 aromatic carbocycles. The molecule has 3 N–H and O–H groups in total. The van der Waals surface area contributed by atoms with Crippen LogP contribution in [0.3, 0.4) is 0 Å². The van der Waals surface area contributed by atoms with E-state index in [1.165, 1.54) is 0 Å². The van der Waals surface area contributed by atoms with Crippen molar-refractivity contribution in [3.63, 3.8) is 0 Å². The van der Waals surface area contributed by atoms with E-state index in [1.54, 1.807) is 18.2 Å². The summed E-state index contributed by atoms with van der Waals surface area (Å²) >= 11 is 9.16. The van der Waals surface area contributed by atoms with Crippen LogP contribution < -0.4 is 11.1 Å². The number of nitrogens with one attached hydrogen (secondary N) is 1. The molecule has 0 aliphatic carbocycles. The van der Waals surface area contributed by atoms with Crippen LogP contribution in [-0.4, -0.2) is 25.2 Å². The number of amides is 1. The Morgan fingerprint density at radius 1 is 1.53 bits per heavy atom. The van der Waals surface area contributed by atoms with Crippen LogP contribution in [0.1, 0.15) is 0 Å². The van der Waals surface area contributed by atoms with E-state index in [0.717, 1.165) is 4.47 Å². The highest BCUT2D eigenvalue weighted by atomic mass is 79.9. The summed E-state index contributed by atoms with van der Waals surface area (Å²) in [5.74, 6) is -0.421. The van der Waals surface area contributed by atoms with Gasteiger partial charge in [-0.1, -0.05) is 11.6 Å². The molecule has 1 aliphatic heterocycles.